The molecule has 0 fully saturated rings. The van der Waals surface area contributed by atoms with Gasteiger partial charge in [-0.15, -0.1) is 0 Å². The molecule has 2 aliphatic rings. The summed E-state index contributed by atoms with van der Waals surface area (Å²) in [4.78, 5) is 54.8. The fourth-order valence-corrected chi connectivity index (χ4v) is 3.62. The van der Waals surface area contributed by atoms with Crippen LogP contribution in [0.15, 0.2) is 60.7 Å². The molecule has 0 atom stereocenters. The van der Waals surface area contributed by atoms with E-state index < -0.39 is 17.8 Å². The molecule has 31 heavy (non-hydrogen) atoms. The summed E-state index contributed by atoms with van der Waals surface area (Å²) in [7, 11) is 0. The predicted molar refractivity (Wildman–Crippen MR) is 114 cm³/mol. The topological polar surface area (TPSA) is 84.0 Å². The van der Waals surface area contributed by atoms with E-state index in [9.17, 15) is 19.2 Å². The minimum Gasteiger partial charge on any atom is -0.330 e. The lowest BCUT2D eigenvalue weighted by Gasteiger charge is -2.28. The lowest BCUT2D eigenvalue weighted by Crippen LogP contribution is -2.34. The van der Waals surface area contributed by atoms with Crippen molar-refractivity contribution in [2.24, 2.45) is 0 Å². The van der Waals surface area contributed by atoms with Crippen molar-refractivity contribution in [3.63, 3.8) is 0 Å². The van der Waals surface area contributed by atoms with Crippen molar-refractivity contribution in [3.8, 4) is 0 Å². The van der Waals surface area contributed by atoms with Gasteiger partial charge in [0.05, 0.1) is 18.7 Å². The average Bonchev–Trinajstić information content (AvgIpc) is 3.07. The second kappa shape index (κ2) is 8.39. The Hall–Kier alpha value is -4.00. The SMILES string of the molecule is C/C1=C/c2ccccc2CN(C(=O)CCC(=O)ON2C(=O)C=CC2=O)c2ccccc21. The van der Waals surface area contributed by atoms with E-state index in [1.165, 1.54) is 0 Å². The van der Waals surface area contributed by atoms with E-state index >= 15 is 0 Å². The summed E-state index contributed by atoms with van der Waals surface area (Å²) >= 11 is 0. The number of amides is 3. The van der Waals surface area contributed by atoms with Gasteiger partial charge in [-0.2, -0.15) is 0 Å². The van der Waals surface area contributed by atoms with Crippen molar-refractivity contribution in [1.82, 2.24) is 5.06 Å². The van der Waals surface area contributed by atoms with Gasteiger partial charge in [0.2, 0.25) is 5.91 Å². The van der Waals surface area contributed by atoms with Crippen LogP contribution in [0.2, 0.25) is 0 Å². The van der Waals surface area contributed by atoms with Crippen LogP contribution in [-0.2, 0) is 30.6 Å². The molecule has 7 heteroatoms. The molecule has 4 rings (SSSR count). The number of imide groups is 1. The van der Waals surface area contributed by atoms with Gasteiger partial charge in [0.25, 0.3) is 11.8 Å². The largest absolute Gasteiger partial charge is 0.333 e. The van der Waals surface area contributed by atoms with Gasteiger partial charge >= 0.3 is 5.97 Å². The number of carbonyl (C=O) groups is 4. The molecule has 156 valence electrons. The van der Waals surface area contributed by atoms with Crippen LogP contribution in [0.3, 0.4) is 0 Å². The Morgan fingerprint density at radius 2 is 1.61 bits per heavy atom. The summed E-state index contributed by atoms with van der Waals surface area (Å²) in [5, 5.41) is 0.391. The van der Waals surface area contributed by atoms with Gasteiger partial charge < -0.3 is 9.74 Å². The maximum Gasteiger partial charge on any atom is 0.333 e. The van der Waals surface area contributed by atoms with Crippen LogP contribution >= 0.6 is 0 Å². The maximum absolute atomic E-state index is 13.2. The van der Waals surface area contributed by atoms with Gasteiger partial charge in [-0.25, -0.2) is 4.79 Å². The summed E-state index contributed by atoms with van der Waals surface area (Å²) in [6.45, 7) is 2.36. The minimum atomic E-state index is -0.824. The van der Waals surface area contributed by atoms with E-state index in [2.05, 4.69) is 6.08 Å². The van der Waals surface area contributed by atoms with E-state index in [-0.39, 0.29) is 18.7 Å². The van der Waals surface area contributed by atoms with Crippen molar-refractivity contribution in [2.75, 3.05) is 4.90 Å². The summed E-state index contributed by atoms with van der Waals surface area (Å²) in [6.07, 6.45) is 3.76. The second-order valence-corrected chi connectivity index (χ2v) is 7.29. The number of hydrogen-bond donors (Lipinski definition) is 0. The third-order valence-electron chi connectivity index (χ3n) is 5.18. The third-order valence-corrected chi connectivity index (χ3v) is 5.18. The molecule has 2 aromatic carbocycles. The minimum absolute atomic E-state index is 0.123. The Morgan fingerprint density at radius 1 is 0.935 bits per heavy atom. The third kappa shape index (κ3) is 4.16. The number of hydrogen-bond acceptors (Lipinski definition) is 5. The van der Waals surface area contributed by atoms with Gasteiger partial charge in [-0.1, -0.05) is 53.6 Å². The zero-order chi connectivity index (χ0) is 22.0. The van der Waals surface area contributed by atoms with Crippen molar-refractivity contribution >= 4 is 41.0 Å². The maximum atomic E-state index is 13.2. The molecule has 0 bridgehead atoms. The first-order valence-electron chi connectivity index (χ1n) is 9.87. The molecule has 2 aromatic rings. The number of fused-ring (bicyclic) bond motifs is 2. The smallest absolute Gasteiger partial charge is 0.330 e. The standard InChI is InChI=1S/C24H20N2O5/c1-16-14-17-6-2-3-7-18(17)15-25(20-9-5-4-8-19(16)20)21(27)12-13-24(30)31-26-22(28)10-11-23(26)29/h2-11,14H,12-13,15H2,1H3/b16-14-. The molecule has 0 spiro atoms. The van der Waals surface area contributed by atoms with Crippen molar-refractivity contribution in [2.45, 2.75) is 26.3 Å². The van der Waals surface area contributed by atoms with Crippen LogP contribution in [0.25, 0.3) is 11.6 Å². The van der Waals surface area contributed by atoms with Crippen LogP contribution in [0.4, 0.5) is 5.69 Å². The molecule has 0 unspecified atom stereocenters. The van der Waals surface area contributed by atoms with E-state index in [4.69, 9.17) is 4.84 Å². The first-order valence-corrected chi connectivity index (χ1v) is 9.87. The van der Waals surface area contributed by atoms with Crippen LogP contribution in [0.5, 0.6) is 0 Å². The van der Waals surface area contributed by atoms with E-state index in [1.807, 2.05) is 55.5 Å². The Morgan fingerprint density at radius 3 is 2.39 bits per heavy atom. The highest BCUT2D eigenvalue weighted by atomic mass is 16.7. The number of para-hydroxylation sites is 1. The molecule has 0 aromatic heterocycles. The lowest BCUT2D eigenvalue weighted by molar-refractivity contribution is -0.196. The fraction of sp³-hybridized carbons (Fsp3) is 0.167. The lowest BCUT2D eigenvalue weighted by atomic mass is 9.96. The molecule has 0 N–H and O–H groups in total. The number of allylic oxidation sites excluding steroid dienone is 1. The molecule has 2 aliphatic heterocycles. The summed E-state index contributed by atoms with van der Waals surface area (Å²) < 4.78 is 0. The van der Waals surface area contributed by atoms with E-state index in [0.29, 0.717) is 11.6 Å². The molecular formula is C24H20N2O5. The molecule has 7 nitrogen and oxygen atoms in total. The number of anilines is 1. The highest BCUT2D eigenvalue weighted by molar-refractivity contribution is 6.12. The Labute approximate surface area is 179 Å². The van der Waals surface area contributed by atoms with Gasteiger partial charge in [-0.05, 0) is 29.7 Å². The average molecular weight is 416 g/mol. The highest BCUT2D eigenvalue weighted by Gasteiger charge is 2.29. The molecular weight excluding hydrogens is 396 g/mol. The van der Waals surface area contributed by atoms with Gasteiger partial charge in [0.15, 0.2) is 0 Å². The van der Waals surface area contributed by atoms with Gasteiger partial charge in [0, 0.05) is 24.1 Å². The normalized spacial score (nSPS) is 16.7. The first kappa shape index (κ1) is 20.3. The summed E-state index contributed by atoms with van der Waals surface area (Å²) in [6, 6.07) is 15.5. The van der Waals surface area contributed by atoms with Crippen LogP contribution < -0.4 is 4.90 Å². The Bertz CT molecular complexity index is 1130. The summed E-state index contributed by atoms with van der Waals surface area (Å²) in [5.74, 6) is -2.52. The van der Waals surface area contributed by atoms with E-state index in [0.717, 1.165) is 40.1 Å². The Kier molecular flexibility index (Phi) is 5.49. The van der Waals surface area contributed by atoms with Crippen LogP contribution in [0.1, 0.15) is 36.5 Å². The van der Waals surface area contributed by atoms with Crippen molar-refractivity contribution in [1.29, 1.82) is 0 Å². The number of carbonyl (C=O) groups excluding carboxylic acids is 4. The summed E-state index contributed by atoms with van der Waals surface area (Å²) in [5.41, 5.74) is 4.75. The number of rotatable bonds is 4. The number of nitrogens with zero attached hydrogens (tertiary/aromatic N) is 2. The fourth-order valence-electron chi connectivity index (χ4n) is 3.62. The number of benzene rings is 2. The van der Waals surface area contributed by atoms with E-state index in [1.54, 1.807) is 4.90 Å². The molecule has 0 saturated carbocycles. The number of hydroxylamine groups is 2. The zero-order valence-electron chi connectivity index (χ0n) is 16.9. The predicted octanol–water partition coefficient (Wildman–Crippen LogP) is 3.26. The van der Waals surface area contributed by atoms with Gasteiger partial charge in [0.1, 0.15) is 0 Å². The molecule has 2 heterocycles. The quantitative estimate of drug-likeness (QED) is 0.715. The molecule has 3 amide bonds. The second-order valence-electron chi connectivity index (χ2n) is 7.29. The first-order chi connectivity index (χ1) is 14.9. The monoisotopic (exact) mass is 416 g/mol. The Balaban J connectivity index is 1.54. The zero-order valence-corrected chi connectivity index (χ0v) is 16.9. The molecule has 0 saturated heterocycles. The van der Waals surface area contributed by atoms with Crippen molar-refractivity contribution in [3.05, 3.63) is 77.4 Å². The van der Waals surface area contributed by atoms with Crippen molar-refractivity contribution < 1.29 is 24.0 Å². The molecule has 0 radical (unpaired) electrons. The molecule has 0 aliphatic carbocycles. The van der Waals surface area contributed by atoms with Gasteiger partial charge in [-0.3, -0.25) is 14.4 Å². The van der Waals surface area contributed by atoms with Crippen LogP contribution in [-0.4, -0.2) is 28.8 Å². The highest BCUT2D eigenvalue weighted by Crippen LogP contribution is 2.33. The van der Waals surface area contributed by atoms with Crippen LogP contribution in [0, 0.1) is 0 Å².